The first-order chi connectivity index (χ1) is 18.8. The minimum absolute atomic E-state index is 0.0271. The molecular formula is C29H25F6N3O2. The average molecular weight is 562 g/mol. The zero-order valence-electron chi connectivity index (χ0n) is 21.8. The Morgan fingerprint density at radius 2 is 1.48 bits per heavy atom. The molecule has 4 rings (SSSR count). The van der Waals surface area contributed by atoms with Crippen LogP contribution in [0.1, 0.15) is 59.7 Å². The van der Waals surface area contributed by atoms with Crippen LogP contribution in [-0.2, 0) is 18.8 Å². The molecule has 0 radical (unpaired) electrons. The Hall–Kier alpha value is -4.15. The maximum absolute atomic E-state index is 13.8. The SMILES string of the molecule is CCc1ccccc1-n1c(C(C)N(CC)C(=O)c2cc(C(F)(F)F)cc(C(F)(F)F)c2)nc2ccccc2c1=O. The third-order valence-electron chi connectivity index (χ3n) is 6.69. The van der Waals surface area contributed by atoms with Crippen molar-refractivity contribution in [3.05, 3.63) is 105 Å². The van der Waals surface area contributed by atoms with E-state index in [2.05, 4.69) is 4.98 Å². The van der Waals surface area contributed by atoms with Gasteiger partial charge in [0.25, 0.3) is 11.5 Å². The number of aromatic nitrogens is 2. The second-order valence-electron chi connectivity index (χ2n) is 9.17. The highest BCUT2D eigenvalue weighted by molar-refractivity contribution is 5.95. The smallest absolute Gasteiger partial charge is 0.329 e. The van der Waals surface area contributed by atoms with Crippen LogP contribution in [0.3, 0.4) is 0 Å². The van der Waals surface area contributed by atoms with E-state index < -0.39 is 46.6 Å². The largest absolute Gasteiger partial charge is 0.416 e. The number of carbonyl (C=O) groups is 1. The van der Waals surface area contributed by atoms with E-state index in [0.717, 1.165) is 10.5 Å². The highest BCUT2D eigenvalue weighted by Crippen LogP contribution is 2.37. The molecule has 11 heteroatoms. The number of para-hydroxylation sites is 2. The molecule has 5 nitrogen and oxygen atoms in total. The topological polar surface area (TPSA) is 55.2 Å². The normalized spacial score (nSPS) is 12.9. The van der Waals surface area contributed by atoms with Crippen molar-refractivity contribution in [2.75, 3.05) is 6.54 Å². The van der Waals surface area contributed by atoms with Crippen LogP contribution in [-0.4, -0.2) is 26.9 Å². The van der Waals surface area contributed by atoms with Crippen LogP contribution in [0, 0.1) is 0 Å². The molecule has 0 bridgehead atoms. The van der Waals surface area contributed by atoms with Gasteiger partial charge in [0.05, 0.1) is 33.8 Å². The van der Waals surface area contributed by atoms with Crippen LogP contribution < -0.4 is 5.56 Å². The van der Waals surface area contributed by atoms with Gasteiger partial charge >= 0.3 is 12.4 Å². The van der Waals surface area contributed by atoms with Gasteiger partial charge in [-0.25, -0.2) is 4.98 Å². The molecule has 0 fully saturated rings. The Morgan fingerprint density at radius 3 is 2.05 bits per heavy atom. The van der Waals surface area contributed by atoms with Gasteiger partial charge in [0.1, 0.15) is 5.82 Å². The van der Waals surface area contributed by atoms with E-state index in [1.54, 1.807) is 42.5 Å². The summed E-state index contributed by atoms with van der Waals surface area (Å²) in [5, 5.41) is 0.312. The first-order valence-electron chi connectivity index (χ1n) is 12.5. The highest BCUT2D eigenvalue weighted by Gasteiger charge is 2.38. The van der Waals surface area contributed by atoms with Gasteiger partial charge in [0.2, 0.25) is 0 Å². The van der Waals surface area contributed by atoms with Crippen molar-refractivity contribution in [3.8, 4) is 5.69 Å². The van der Waals surface area contributed by atoms with Gasteiger partial charge in [0.15, 0.2) is 0 Å². The Bertz CT molecular complexity index is 1590. The molecule has 0 spiro atoms. The molecule has 1 aromatic heterocycles. The van der Waals surface area contributed by atoms with Crippen molar-refractivity contribution in [1.29, 1.82) is 0 Å². The summed E-state index contributed by atoms with van der Waals surface area (Å²) in [6, 6.07) is 13.4. The van der Waals surface area contributed by atoms with Gasteiger partial charge in [-0.15, -0.1) is 0 Å². The van der Waals surface area contributed by atoms with Crippen LogP contribution in [0.2, 0.25) is 0 Å². The second kappa shape index (κ2) is 10.8. The molecule has 0 saturated carbocycles. The Morgan fingerprint density at radius 1 is 0.900 bits per heavy atom. The van der Waals surface area contributed by atoms with E-state index in [4.69, 9.17) is 0 Å². The number of amides is 1. The van der Waals surface area contributed by atoms with E-state index in [9.17, 15) is 35.9 Å². The van der Waals surface area contributed by atoms with Gasteiger partial charge in [-0.3, -0.25) is 14.2 Å². The predicted octanol–water partition coefficient (Wildman–Crippen LogP) is 7.21. The maximum Gasteiger partial charge on any atom is 0.416 e. The molecule has 1 unspecified atom stereocenters. The van der Waals surface area contributed by atoms with Crippen molar-refractivity contribution in [2.45, 2.75) is 45.6 Å². The second-order valence-corrected chi connectivity index (χ2v) is 9.17. The summed E-state index contributed by atoms with van der Waals surface area (Å²) in [6.07, 6.45) is -9.66. The first-order valence-corrected chi connectivity index (χ1v) is 12.5. The van der Waals surface area contributed by atoms with E-state index in [1.165, 1.54) is 18.4 Å². The number of aryl methyl sites for hydroxylation is 1. The van der Waals surface area contributed by atoms with Crippen molar-refractivity contribution in [1.82, 2.24) is 14.5 Å². The number of halogens is 6. The van der Waals surface area contributed by atoms with Crippen molar-refractivity contribution >= 4 is 16.8 Å². The summed E-state index contributed by atoms with van der Waals surface area (Å²) in [4.78, 5) is 33.0. The number of alkyl halides is 6. The van der Waals surface area contributed by atoms with Crippen LogP contribution in [0.5, 0.6) is 0 Å². The Balaban J connectivity index is 1.92. The van der Waals surface area contributed by atoms with E-state index in [-0.39, 0.29) is 18.4 Å². The standard InChI is InChI=1S/C29H25F6N3O2/c1-4-18-10-6-9-13-24(18)38-25(36-23-12-8-7-11-22(23)27(38)40)17(3)37(5-2)26(39)19-14-20(28(30,31)32)16-21(15-19)29(33,34)35/h6-17H,4-5H2,1-3H3. The van der Waals surface area contributed by atoms with E-state index >= 15 is 0 Å². The molecule has 0 aliphatic rings. The van der Waals surface area contributed by atoms with E-state index in [1.807, 2.05) is 13.0 Å². The summed E-state index contributed by atoms with van der Waals surface area (Å²) in [5.41, 5.74) is -2.73. The zero-order valence-corrected chi connectivity index (χ0v) is 21.8. The Labute approximate surface area is 225 Å². The molecule has 4 aromatic rings. The lowest BCUT2D eigenvalue weighted by Gasteiger charge is -2.30. The summed E-state index contributed by atoms with van der Waals surface area (Å²) < 4.78 is 82.2. The van der Waals surface area contributed by atoms with Crippen LogP contribution in [0.4, 0.5) is 26.3 Å². The molecule has 0 saturated heterocycles. The fourth-order valence-electron chi connectivity index (χ4n) is 4.67. The minimum atomic E-state index is -5.11. The molecular weight excluding hydrogens is 536 g/mol. The Kier molecular flexibility index (Phi) is 7.78. The molecule has 1 amide bonds. The quantitative estimate of drug-likeness (QED) is 0.234. The lowest BCUT2D eigenvalue weighted by Crippen LogP contribution is -2.37. The number of nitrogens with zero attached hydrogens (tertiary/aromatic N) is 3. The minimum Gasteiger partial charge on any atom is -0.329 e. The van der Waals surface area contributed by atoms with Crippen LogP contribution in [0.15, 0.2) is 71.5 Å². The van der Waals surface area contributed by atoms with Gasteiger partial charge in [-0.1, -0.05) is 37.3 Å². The summed E-state index contributed by atoms with van der Waals surface area (Å²) in [5.74, 6) is -0.952. The number of hydrogen-bond donors (Lipinski definition) is 0. The van der Waals surface area contributed by atoms with Crippen LogP contribution >= 0.6 is 0 Å². The molecule has 40 heavy (non-hydrogen) atoms. The highest BCUT2D eigenvalue weighted by atomic mass is 19.4. The number of carbonyl (C=O) groups excluding carboxylic acids is 1. The summed E-state index contributed by atoms with van der Waals surface area (Å²) >= 11 is 0. The lowest BCUT2D eigenvalue weighted by molar-refractivity contribution is -0.143. The lowest BCUT2D eigenvalue weighted by atomic mass is 10.0. The van der Waals surface area contributed by atoms with Gasteiger partial charge in [-0.2, -0.15) is 26.3 Å². The van der Waals surface area contributed by atoms with Crippen molar-refractivity contribution < 1.29 is 31.1 Å². The third kappa shape index (κ3) is 5.45. The molecule has 1 heterocycles. The third-order valence-corrected chi connectivity index (χ3v) is 6.69. The molecule has 1 atom stereocenters. The summed E-state index contributed by atoms with van der Waals surface area (Å²) in [7, 11) is 0. The zero-order chi connectivity index (χ0) is 29.4. The fraction of sp³-hybridized carbons (Fsp3) is 0.276. The first kappa shape index (κ1) is 28.8. The summed E-state index contributed by atoms with van der Waals surface area (Å²) in [6.45, 7) is 4.88. The monoisotopic (exact) mass is 561 g/mol. The number of benzene rings is 3. The molecule has 0 aliphatic heterocycles. The van der Waals surface area contributed by atoms with Gasteiger partial charge < -0.3 is 4.90 Å². The van der Waals surface area contributed by atoms with Gasteiger partial charge in [-0.05, 0) is 62.2 Å². The predicted molar refractivity (Wildman–Crippen MR) is 138 cm³/mol. The van der Waals surface area contributed by atoms with Crippen molar-refractivity contribution in [3.63, 3.8) is 0 Å². The molecule has 0 N–H and O–H groups in total. The molecule has 3 aromatic carbocycles. The average Bonchev–Trinajstić information content (AvgIpc) is 2.92. The number of fused-ring (bicyclic) bond motifs is 1. The van der Waals surface area contributed by atoms with E-state index in [0.29, 0.717) is 35.1 Å². The van der Waals surface area contributed by atoms with Crippen LogP contribution in [0.25, 0.3) is 16.6 Å². The fourth-order valence-corrected chi connectivity index (χ4v) is 4.67. The number of hydrogen-bond acceptors (Lipinski definition) is 3. The molecule has 210 valence electrons. The molecule has 0 aliphatic carbocycles. The van der Waals surface area contributed by atoms with Gasteiger partial charge in [0, 0.05) is 12.1 Å². The maximum atomic E-state index is 13.8. The van der Waals surface area contributed by atoms with Crippen molar-refractivity contribution in [2.24, 2.45) is 0 Å². The number of rotatable bonds is 6.